The molecule has 0 fully saturated rings. The predicted octanol–water partition coefficient (Wildman–Crippen LogP) is 4.97. The Morgan fingerprint density at radius 1 is 1.04 bits per heavy atom. The Labute approximate surface area is 150 Å². The second-order valence-electron chi connectivity index (χ2n) is 6.96. The number of esters is 1. The number of methoxy groups -OCH3 is 1. The van der Waals surface area contributed by atoms with Crippen molar-refractivity contribution in [1.82, 2.24) is 0 Å². The summed E-state index contributed by atoms with van der Waals surface area (Å²) in [5.41, 5.74) is 1.67. The Balaban J connectivity index is 2.09. The highest BCUT2D eigenvalue weighted by atomic mass is 16.6. The van der Waals surface area contributed by atoms with E-state index < -0.39 is 5.60 Å². The zero-order chi connectivity index (χ0) is 18.3. The van der Waals surface area contributed by atoms with Gasteiger partial charge in [0, 0.05) is 12.1 Å². The lowest BCUT2D eigenvalue weighted by Crippen LogP contribution is -2.24. The van der Waals surface area contributed by atoms with E-state index in [9.17, 15) is 4.79 Å². The summed E-state index contributed by atoms with van der Waals surface area (Å²) >= 11 is 0. The summed E-state index contributed by atoms with van der Waals surface area (Å²) < 4.78 is 10.6. The van der Waals surface area contributed by atoms with Crippen LogP contribution in [0.2, 0.25) is 0 Å². The smallest absolute Gasteiger partial charge is 0.306 e. The summed E-state index contributed by atoms with van der Waals surface area (Å²) in [6, 6.07) is 17.9. The van der Waals surface area contributed by atoms with E-state index in [1.807, 2.05) is 75.4 Å². The first kappa shape index (κ1) is 18.8. The summed E-state index contributed by atoms with van der Waals surface area (Å²) in [6.07, 6.45) is 1.00. The first-order chi connectivity index (χ1) is 11.9. The first-order valence-electron chi connectivity index (χ1n) is 8.55. The van der Waals surface area contributed by atoms with Crippen molar-refractivity contribution in [1.29, 1.82) is 0 Å². The van der Waals surface area contributed by atoms with Crippen molar-refractivity contribution < 1.29 is 14.3 Å². The lowest BCUT2D eigenvalue weighted by molar-refractivity contribution is -0.154. The Kier molecular flexibility index (Phi) is 6.45. The molecule has 0 aliphatic carbocycles. The number of carbonyl (C=O) groups is 1. The van der Waals surface area contributed by atoms with Crippen molar-refractivity contribution in [2.45, 2.75) is 45.3 Å². The number of para-hydroxylation sites is 1. The summed E-state index contributed by atoms with van der Waals surface area (Å²) in [6.45, 7) is 5.65. The topological polar surface area (TPSA) is 47.6 Å². The summed E-state index contributed by atoms with van der Waals surface area (Å²) in [7, 11) is 1.65. The predicted molar refractivity (Wildman–Crippen MR) is 101 cm³/mol. The van der Waals surface area contributed by atoms with Crippen LogP contribution in [0.1, 0.15) is 45.2 Å². The Morgan fingerprint density at radius 2 is 1.68 bits per heavy atom. The lowest BCUT2D eigenvalue weighted by Gasteiger charge is -2.23. The van der Waals surface area contributed by atoms with Crippen LogP contribution in [0.4, 0.5) is 5.69 Å². The third kappa shape index (κ3) is 6.49. The van der Waals surface area contributed by atoms with Crippen molar-refractivity contribution >= 4 is 11.7 Å². The normalized spacial score (nSPS) is 12.3. The van der Waals surface area contributed by atoms with Gasteiger partial charge in [-0.1, -0.05) is 30.3 Å². The van der Waals surface area contributed by atoms with Crippen LogP contribution >= 0.6 is 0 Å². The molecule has 4 nitrogen and oxygen atoms in total. The molecule has 0 spiro atoms. The molecule has 0 heterocycles. The van der Waals surface area contributed by atoms with Crippen molar-refractivity contribution in [3.8, 4) is 5.75 Å². The van der Waals surface area contributed by atoms with E-state index in [0.29, 0.717) is 12.8 Å². The average Bonchev–Trinajstić information content (AvgIpc) is 2.58. The fourth-order valence-corrected chi connectivity index (χ4v) is 2.55. The number of ether oxygens (including phenoxy) is 2. The zero-order valence-corrected chi connectivity index (χ0v) is 15.4. The van der Waals surface area contributed by atoms with Gasteiger partial charge in [0.1, 0.15) is 11.4 Å². The van der Waals surface area contributed by atoms with Crippen molar-refractivity contribution in [3.63, 3.8) is 0 Å². The second-order valence-corrected chi connectivity index (χ2v) is 6.96. The van der Waals surface area contributed by atoms with Crippen LogP contribution in [0.3, 0.4) is 0 Å². The van der Waals surface area contributed by atoms with E-state index in [1.165, 1.54) is 0 Å². The fourth-order valence-electron chi connectivity index (χ4n) is 2.55. The lowest BCUT2D eigenvalue weighted by atomic mass is 10.0. The van der Waals surface area contributed by atoms with Gasteiger partial charge in [-0.15, -0.1) is 0 Å². The molecule has 0 bridgehead atoms. The molecule has 2 rings (SSSR count). The van der Waals surface area contributed by atoms with Gasteiger partial charge in [-0.3, -0.25) is 4.79 Å². The molecule has 0 amide bonds. The van der Waals surface area contributed by atoms with E-state index in [-0.39, 0.29) is 12.0 Å². The number of benzene rings is 2. The number of hydrogen-bond donors (Lipinski definition) is 1. The number of rotatable bonds is 7. The quantitative estimate of drug-likeness (QED) is 0.722. The van der Waals surface area contributed by atoms with E-state index in [2.05, 4.69) is 5.32 Å². The monoisotopic (exact) mass is 341 g/mol. The highest BCUT2D eigenvalue weighted by molar-refractivity contribution is 5.70. The molecule has 134 valence electrons. The molecule has 1 atom stereocenters. The van der Waals surface area contributed by atoms with Crippen LogP contribution in [-0.4, -0.2) is 18.7 Å². The molecule has 2 aromatic rings. The molecule has 0 saturated carbocycles. The third-order valence-corrected chi connectivity index (χ3v) is 3.69. The van der Waals surface area contributed by atoms with E-state index >= 15 is 0 Å². The molecule has 4 heteroatoms. The molecule has 2 aromatic carbocycles. The minimum Gasteiger partial charge on any atom is -0.497 e. The Morgan fingerprint density at radius 3 is 2.24 bits per heavy atom. The highest BCUT2D eigenvalue weighted by Crippen LogP contribution is 2.26. The average molecular weight is 341 g/mol. The summed E-state index contributed by atoms with van der Waals surface area (Å²) in [5.74, 6) is 0.634. The van der Waals surface area contributed by atoms with E-state index in [1.54, 1.807) is 7.11 Å². The van der Waals surface area contributed by atoms with Gasteiger partial charge in [-0.25, -0.2) is 0 Å². The van der Waals surface area contributed by atoms with Crippen LogP contribution < -0.4 is 10.1 Å². The zero-order valence-electron chi connectivity index (χ0n) is 15.4. The number of hydrogen-bond acceptors (Lipinski definition) is 4. The van der Waals surface area contributed by atoms with E-state index in [4.69, 9.17) is 9.47 Å². The molecule has 1 N–H and O–H groups in total. The van der Waals surface area contributed by atoms with Gasteiger partial charge in [-0.05, 0) is 57.0 Å². The second kappa shape index (κ2) is 8.56. The SMILES string of the molecule is COc1ccc(C(CCC(=O)OC(C)(C)C)Nc2ccccc2)cc1. The number of carbonyl (C=O) groups excluding carboxylic acids is 1. The maximum Gasteiger partial charge on any atom is 0.306 e. The van der Waals surface area contributed by atoms with Gasteiger partial charge in [0.15, 0.2) is 0 Å². The maximum atomic E-state index is 12.1. The Bertz CT molecular complexity index is 660. The maximum absolute atomic E-state index is 12.1. The molecule has 1 unspecified atom stereocenters. The molecule has 0 aliphatic heterocycles. The molecule has 0 saturated heterocycles. The van der Waals surface area contributed by atoms with Crippen molar-refractivity contribution in [2.24, 2.45) is 0 Å². The fraction of sp³-hybridized carbons (Fsp3) is 0.381. The number of anilines is 1. The van der Waals surface area contributed by atoms with Crippen LogP contribution in [-0.2, 0) is 9.53 Å². The highest BCUT2D eigenvalue weighted by Gasteiger charge is 2.19. The van der Waals surface area contributed by atoms with Crippen LogP contribution in [0, 0.1) is 0 Å². The van der Waals surface area contributed by atoms with Gasteiger partial charge >= 0.3 is 5.97 Å². The first-order valence-corrected chi connectivity index (χ1v) is 8.55. The molecule has 0 radical (unpaired) electrons. The van der Waals surface area contributed by atoms with Gasteiger partial charge in [0.2, 0.25) is 0 Å². The molecule has 25 heavy (non-hydrogen) atoms. The Hall–Kier alpha value is -2.49. The largest absolute Gasteiger partial charge is 0.497 e. The van der Waals surface area contributed by atoms with Crippen LogP contribution in [0.5, 0.6) is 5.75 Å². The van der Waals surface area contributed by atoms with Gasteiger partial charge in [0.05, 0.1) is 13.2 Å². The van der Waals surface area contributed by atoms with Gasteiger partial charge in [0.25, 0.3) is 0 Å². The standard InChI is InChI=1S/C21H27NO3/c1-21(2,3)25-20(23)15-14-19(22-17-8-6-5-7-9-17)16-10-12-18(24-4)13-11-16/h5-13,19,22H,14-15H2,1-4H3. The summed E-state index contributed by atoms with van der Waals surface area (Å²) in [5, 5.41) is 3.50. The minimum absolute atomic E-state index is 0.0147. The van der Waals surface area contributed by atoms with Crippen LogP contribution in [0.25, 0.3) is 0 Å². The number of nitrogens with one attached hydrogen (secondary N) is 1. The molecule has 0 aromatic heterocycles. The third-order valence-electron chi connectivity index (χ3n) is 3.69. The molecular weight excluding hydrogens is 314 g/mol. The van der Waals surface area contributed by atoms with Crippen molar-refractivity contribution in [3.05, 3.63) is 60.2 Å². The summed E-state index contributed by atoms with van der Waals surface area (Å²) in [4.78, 5) is 12.1. The molecular formula is C21H27NO3. The molecule has 0 aliphatic rings. The minimum atomic E-state index is -0.459. The van der Waals surface area contributed by atoms with Gasteiger partial charge < -0.3 is 14.8 Å². The van der Waals surface area contributed by atoms with Crippen molar-refractivity contribution in [2.75, 3.05) is 12.4 Å². The van der Waals surface area contributed by atoms with Gasteiger partial charge in [-0.2, -0.15) is 0 Å². The van der Waals surface area contributed by atoms with E-state index in [0.717, 1.165) is 17.0 Å². The van der Waals surface area contributed by atoms with Crippen LogP contribution in [0.15, 0.2) is 54.6 Å².